The molecule has 0 radical (unpaired) electrons. The van der Waals surface area contributed by atoms with Crippen molar-refractivity contribution in [3.63, 3.8) is 0 Å². The zero-order valence-electron chi connectivity index (χ0n) is 14.6. The summed E-state index contributed by atoms with van der Waals surface area (Å²) in [6, 6.07) is 0. The van der Waals surface area contributed by atoms with Gasteiger partial charge in [0, 0.05) is 56.9 Å². The Morgan fingerprint density at radius 1 is 1.33 bits per heavy atom. The SMILES string of the molecule is COC[C@@H]1CN(Cc2cnn(C)c2C)C[C@H]1c1nc(C2CC2)no1. The molecule has 2 aromatic heterocycles. The first-order valence-corrected chi connectivity index (χ1v) is 8.68. The van der Waals surface area contributed by atoms with E-state index in [1.165, 1.54) is 24.1 Å². The summed E-state index contributed by atoms with van der Waals surface area (Å²) in [5, 5.41) is 8.53. The van der Waals surface area contributed by atoms with Crippen molar-refractivity contribution in [2.24, 2.45) is 13.0 Å². The number of aryl methyl sites for hydroxylation is 1. The topological polar surface area (TPSA) is 69.2 Å². The summed E-state index contributed by atoms with van der Waals surface area (Å²) in [4.78, 5) is 7.12. The molecule has 1 saturated carbocycles. The summed E-state index contributed by atoms with van der Waals surface area (Å²) in [5.74, 6) is 2.84. The fourth-order valence-electron chi connectivity index (χ4n) is 3.60. The van der Waals surface area contributed by atoms with Crippen molar-refractivity contribution in [1.29, 1.82) is 0 Å². The van der Waals surface area contributed by atoms with Crippen LogP contribution in [0.3, 0.4) is 0 Å². The van der Waals surface area contributed by atoms with Crippen LogP contribution in [0.5, 0.6) is 0 Å². The average Bonchev–Trinajstić information content (AvgIpc) is 3.04. The van der Waals surface area contributed by atoms with E-state index < -0.39 is 0 Å². The summed E-state index contributed by atoms with van der Waals surface area (Å²) in [5.41, 5.74) is 2.49. The minimum absolute atomic E-state index is 0.252. The maximum Gasteiger partial charge on any atom is 0.231 e. The van der Waals surface area contributed by atoms with Crippen molar-refractivity contribution in [2.75, 3.05) is 26.8 Å². The van der Waals surface area contributed by atoms with E-state index in [-0.39, 0.29) is 5.92 Å². The van der Waals surface area contributed by atoms with E-state index >= 15 is 0 Å². The predicted octanol–water partition coefficient (Wildman–Crippen LogP) is 1.85. The van der Waals surface area contributed by atoms with Crippen LogP contribution in [-0.4, -0.2) is 51.6 Å². The monoisotopic (exact) mass is 331 g/mol. The summed E-state index contributed by atoms with van der Waals surface area (Å²) >= 11 is 0. The average molecular weight is 331 g/mol. The highest BCUT2D eigenvalue weighted by Gasteiger charge is 2.39. The van der Waals surface area contributed by atoms with E-state index in [2.05, 4.69) is 27.1 Å². The van der Waals surface area contributed by atoms with Gasteiger partial charge in [-0.1, -0.05) is 5.16 Å². The van der Waals surface area contributed by atoms with Crippen molar-refractivity contribution in [3.05, 3.63) is 29.2 Å². The van der Waals surface area contributed by atoms with Crippen molar-refractivity contribution < 1.29 is 9.26 Å². The van der Waals surface area contributed by atoms with Gasteiger partial charge in [-0.3, -0.25) is 9.58 Å². The lowest BCUT2D eigenvalue weighted by molar-refractivity contribution is 0.142. The van der Waals surface area contributed by atoms with Crippen LogP contribution in [0.15, 0.2) is 10.7 Å². The molecular weight excluding hydrogens is 306 g/mol. The van der Waals surface area contributed by atoms with Gasteiger partial charge in [-0.2, -0.15) is 10.1 Å². The van der Waals surface area contributed by atoms with Gasteiger partial charge in [-0.25, -0.2) is 0 Å². The molecule has 24 heavy (non-hydrogen) atoms. The molecule has 7 heteroatoms. The Morgan fingerprint density at radius 2 is 2.17 bits per heavy atom. The van der Waals surface area contributed by atoms with Crippen LogP contribution in [0.1, 0.15) is 47.6 Å². The second kappa shape index (κ2) is 6.29. The minimum Gasteiger partial charge on any atom is -0.384 e. The normalized spacial score (nSPS) is 24.8. The number of rotatable bonds is 6. The van der Waals surface area contributed by atoms with Crippen LogP contribution in [0.25, 0.3) is 0 Å². The van der Waals surface area contributed by atoms with Crippen LogP contribution in [0.4, 0.5) is 0 Å². The number of hydrogen-bond donors (Lipinski definition) is 0. The highest BCUT2D eigenvalue weighted by Crippen LogP contribution is 2.40. The lowest BCUT2D eigenvalue weighted by Gasteiger charge is -2.15. The van der Waals surface area contributed by atoms with Gasteiger partial charge in [0.05, 0.1) is 18.7 Å². The molecule has 0 spiro atoms. The Morgan fingerprint density at radius 3 is 2.83 bits per heavy atom. The molecule has 2 aromatic rings. The number of methoxy groups -OCH3 is 1. The van der Waals surface area contributed by atoms with Crippen LogP contribution in [0.2, 0.25) is 0 Å². The Labute approximate surface area is 142 Å². The lowest BCUT2D eigenvalue weighted by Crippen LogP contribution is -2.21. The predicted molar refractivity (Wildman–Crippen MR) is 87.6 cm³/mol. The van der Waals surface area contributed by atoms with Crippen molar-refractivity contribution >= 4 is 0 Å². The Hall–Kier alpha value is -1.73. The van der Waals surface area contributed by atoms with Gasteiger partial charge in [0.25, 0.3) is 0 Å². The summed E-state index contributed by atoms with van der Waals surface area (Å²) in [6.07, 6.45) is 4.35. The van der Waals surface area contributed by atoms with Crippen molar-refractivity contribution in [3.8, 4) is 0 Å². The number of aromatic nitrogens is 4. The van der Waals surface area contributed by atoms with Gasteiger partial charge in [0.15, 0.2) is 5.82 Å². The fourth-order valence-corrected chi connectivity index (χ4v) is 3.60. The van der Waals surface area contributed by atoms with Gasteiger partial charge in [0.1, 0.15) is 0 Å². The molecule has 3 heterocycles. The highest BCUT2D eigenvalue weighted by molar-refractivity contribution is 5.16. The minimum atomic E-state index is 0.252. The summed E-state index contributed by atoms with van der Waals surface area (Å²) < 4.78 is 13.0. The highest BCUT2D eigenvalue weighted by atomic mass is 16.5. The maximum absolute atomic E-state index is 5.59. The Bertz CT molecular complexity index is 706. The van der Waals surface area contributed by atoms with E-state index in [0.717, 1.165) is 31.3 Å². The quantitative estimate of drug-likeness (QED) is 0.805. The molecule has 7 nitrogen and oxygen atoms in total. The summed E-state index contributed by atoms with van der Waals surface area (Å²) in [7, 11) is 3.74. The number of hydrogen-bond acceptors (Lipinski definition) is 6. The first kappa shape index (κ1) is 15.8. The van der Waals surface area contributed by atoms with Crippen molar-refractivity contribution in [2.45, 2.75) is 38.1 Å². The molecule has 2 aliphatic rings. The third-order valence-corrected chi connectivity index (χ3v) is 5.35. The van der Waals surface area contributed by atoms with Crippen LogP contribution in [-0.2, 0) is 18.3 Å². The zero-order chi connectivity index (χ0) is 16.7. The molecule has 1 aliphatic carbocycles. The van der Waals surface area contributed by atoms with E-state index in [4.69, 9.17) is 9.26 Å². The molecule has 1 saturated heterocycles. The van der Waals surface area contributed by atoms with Gasteiger partial charge < -0.3 is 9.26 Å². The first-order chi connectivity index (χ1) is 11.7. The van der Waals surface area contributed by atoms with Gasteiger partial charge in [-0.15, -0.1) is 0 Å². The molecule has 2 atom stereocenters. The zero-order valence-corrected chi connectivity index (χ0v) is 14.6. The van der Waals surface area contributed by atoms with E-state index in [0.29, 0.717) is 18.4 Å². The summed E-state index contributed by atoms with van der Waals surface area (Å²) in [6.45, 7) is 5.64. The van der Waals surface area contributed by atoms with Gasteiger partial charge >= 0.3 is 0 Å². The molecule has 2 fully saturated rings. The standard InChI is InChI=1S/C17H25N5O2/c1-11-13(6-18-21(11)2)7-22-8-14(10-23-3)15(9-22)17-19-16(20-24-17)12-4-5-12/h6,12,14-15H,4-5,7-10H2,1-3H3/t14-,15+/m0/s1. The maximum atomic E-state index is 5.59. The third-order valence-electron chi connectivity index (χ3n) is 5.35. The third kappa shape index (κ3) is 2.98. The van der Waals surface area contributed by atoms with E-state index in [9.17, 15) is 0 Å². The second-order valence-electron chi connectivity index (χ2n) is 7.16. The second-order valence-corrected chi connectivity index (χ2v) is 7.16. The van der Waals surface area contributed by atoms with Gasteiger partial charge in [-0.05, 0) is 19.8 Å². The Kier molecular flexibility index (Phi) is 4.14. The van der Waals surface area contributed by atoms with Crippen LogP contribution >= 0.6 is 0 Å². The number of ether oxygens (including phenoxy) is 1. The van der Waals surface area contributed by atoms with Crippen molar-refractivity contribution in [1.82, 2.24) is 24.8 Å². The number of nitrogens with zero attached hydrogens (tertiary/aromatic N) is 5. The van der Waals surface area contributed by atoms with Gasteiger partial charge in [0.2, 0.25) is 5.89 Å². The Balaban J connectivity index is 1.49. The molecule has 0 bridgehead atoms. The molecule has 130 valence electrons. The number of likely N-dealkylation sites (tertiary alicyclic amines) is 1. The molecule has 0 aromatic carbocycles. The molecular formula is C17H25N5O2. The van der Waals surface area contributed by atoms with Crippen LogP contribution in [0, 0.1) is 12.8 Å². The van der Waals surface area contributed by atoms with E-state index in [1.807, 2.05) is 17.9 Å². The molecule has 1 aliphatic heterocycles. The molecule has 0 unspecified atom stereocenters. The van der Waals surface area contributed by atoms with Crippen LogP contribution < -0.4 is 0 Å². The largest absolute Gasteiger partial charge is 0.384 e. The first-order valence-electron chi connectivity index (χ1n) is 8.68. The molecule has 0 N–H and O–H groups in total. The smallest absolute Gasteiger partial charge is 0.231 e. The molecule has 4 rings (SSSR count). The van der Waals surface area contributed by atoms with E-state index in [1.54, 1.807) is 7.11 Å². The molecule has 0 amide bonds. The lowest BCUT2D eigenvalue weighted by atomic mass is 9.97. The fraction of sp³-hybridized carbons (Fsp3) is 0.706.